The molecule has 0 bridgehead atoms. The van der Waals surface area contributed by atoms with Crippen molar-refractivity contribution in [3.63, 3.8) is 0 Å². The van der Waals surface area contributed by atoms with Gasteiger partial charge < -0.3 is 10.6 Å². The molecule has 1 saturated carbocycles. The normalized spacial score (nSPS) is 22.5. The van der Waals surface area contributed by atoms with E-state index in [9.17, 15) is 13.6 Å². The molecular weight excluding hydrogens is 298 g/mol. The Labute approximate surface area is 128 Å². The molecule has 0 radical (unpaired) electrons. The zero-order chi connectivity index (χ0) is 14.2. The first-order valence-electron chi connectivity index (χ1n) is 7.02. The molecule has 1 saturated heterocycles. The second kappa shape index (κ2) is 6.28. The van der Waals surface area contributed by atoms with Crippen LogP contribution in [0.15, 0.2) is 18.2 Å². The van der Waals surface area contributed by atoms with Crippen LogP contribution in [-0.4, -0.2) is 19.0 Å². The third-order valence-corrected chi connectivity index (χ3v) is 4.49. The Morgan fingerprint density at radius 3 is 2.48 bits per heavy atom. The molecule has 3 nitrogen and oxygen atoms in total. The molecule has 1 heterocycles. The van der Waals surface area contributed by atoms with Crippen LogP contribution in [0.4, 0.5) is 8.78 Å². The zero-order valence-corrected chi connectivity index (χ0v) is 12.4. The molecule has 2 N–H and O–H groups in total. The van der Waals surface area contributed by atoms with E-state index in [0.29, 0.717) is 5.56 Å². The van der Waals surface area contributed by atoms with Gasteiger partial charge in [0, 0.05) is 18.5 Å². The fourth-order valence-corrected chi connectivity index (χ4v) is 3.22. The molecule has 2 aliphatic rings. The molecule has 1 spiro atoms. The third-order valence-electron chi connectivity index (χ3n) is 4.49. The van der Waals surface area contributed by atoms with Crippen molar-refractivity contribution >= 4 is 18.3 Å². The van der Waals surface area contributed by atoms with Crippen molar-refractivity contribution in [1.82, 2.24) is 10.6 Å². The number of halogens is 3. The average Bonchev–Trinajstić information content (AvgIpc) is 3.09. The summed E-state index contributed by atoms with van der Waals surface area (Å²) in [5, 5.41) is 6.09. The van der Waals surface area contributed by atoms with Gasteiger partial charge in [0.15, 0.2) is 0 Å². The highest BCUT2D eigenvalue weighted by Gasteiger charge is 2.57. The molecule has 1 amide bonds. The molecule has 1 aliphatic carbocycles. The van der Waals surface area contributed by atoms with E-state index in [1.165, 1.54) is 12.1 Å². The van der Waals surface area contributed by atoms with Crippen molar-refractivity contribution in [3.05, 3.63) is 35.4 Å². The minimum atomic E-state index is -0.615. The number of hydrogen-bond donors (Lipinski definition) is 2. The number of amides is 1. The van der Waals surface area contributed by atoms with Gasteiger partial charge in [0.1, 0.15) is 11.6 Å². The van der Waals surface area contributed by atoms with Crippen LogP contribution in [-0.2, 0) is 11.3 Å². The molecular formula is C15H19ClF2N2O. The minimum Gasteiger partial charge on any atom is -0.352 e. The lowest BCUT2D eigenvalue weighted by molar-refractivity contribution is -0.123. The topological polar surface area (TPSA) is 41.1 Å². The maximum Gasteiger partial charge on any atom is 0.223 e. The van der Waals surface area contributed by atoms with Crippen LogP contribution < -0.4 is 10.6 Å². The molecule has 1 aromatic rings. The van der Waals surface area contributed by atoms with E-state index in [2.05, 4.69) is 10.6 Å². The maximum atomic E-state index is 13.0. The van der Waals surface area contributed by atoms with Gasteiger partial charge >= 0.3 is 0 Å². The third kappa shape index (κ3) is 3.52. The summed E-state index contributed by atoms with van der Waals surface area (Å²) in [6.07, 6.45) is 3.03. The molecule has 1 aliphatic heterocycles. The van der Waals surface area contributed by atoms with Gasteiger partial charge in [-0.3, -0.25) is 4.79 Å². The highest BCUT2D eigenvalue weighted by molar-refractivity contribution is 5.85. The lowest BCUT2D eigenvalue weighted by atomic mass is 9.92. The van der Waals surface area contributed by atoms with Crippen LogP contribution in [0.25, 0.3) is 0 Å². The van der Waals surface area contributed by atoms with E-state index in [-0.39, 0.29) is 36.2 Å². The lowest BCUT2D eigenvalue weighted by Gasteiger charge is -2.23. The molecule has 3 rings (SSSR count). The molecule has 6 heteroatoms. The highest BCUT2D eigenvalue weighted by Crippen LogP contribution is 2.58. The summed E-state index contributed by atoms with van der Waals surface area (Å²) >= 11 is 0. The van der Waals surface area contributed by atoms with Crippen molar-refractivity contribution in [2.75, 3.05) is 13.1 Å². The second-order valence-corrected chi connectivity index (χ2v) is 5.86. The first kappa shape index (κ1) is 16.2. The SMILES string of the molecule is Cl.O=C(NCc1cc(F)cc(F)c1)C1CC12CCNCC2. The quantitative estimate of drug-likeness (QED) is 0.899. The van der Waals surface area contributed by atoms with E-state index in [1.807, 2.05) is 0 Å². The molecule has 1 atom stereocenters. The minimum absolute atomic E-state index is 0. The molecule has 1 unspecified atom stereocenters. The van der Waals surface area contributed by atoms with Crippen molar-refractivity contribution < 1.29 is 13.6 Å². The predicted octanol–water partition coefficient (Wildman–Crippen LogP) is 2.39. The first-order valence-corrected chi connectivity index (χ1v) is 7.02. The van der Waals surface area contributed by atoms with Gasteiger partial charge in [-0.1, -0.05) is 0 Å². The summed E-state index contributed by atoms with van der Waals surface area (Å²) in [6, 6.07) is 3.32. The van der Waals surface area contributed by atoms with Crippen LogP contribution in [0.1, 0.15) is 24.8 Å². The second-order valence-electron chi connectivity index (χ2n) is 5.86. The number of benzene rings is 1. The molecule has 0 aromatic heterocycles. The summed E-state index contributed by atoms with van der Waals surface area (Å²) in [6.45, 7) is 2.12. The van der Waals surface area contributed by atoms with Gasteiger partial charge in [-0.2, -0.15) is 0 Å². The molecule has 1 aromatic carbocycles. The van der Waals surface area contributed by atoms with Gasteiger partial charge in [-0.25, -0.2) is 8.78 Å². The van der Waals surface area contributed by atoms with Crippen LogP contribution >= 0.6 is 12.4 Å². The van der Waals surface area contributed by atoms with E-state index >= 15 is 0 Å². The van der Waals surface area contributed by atoms with E-state index in [4.69, 9.17) is 0 Å². The monoisotopic (exact) mass is 316 g/mol. The van der Waals surface area contributed by atoms with Gasteiger partial charge in [-0.15, -0.1) is 12.4 Å². The Morgan fingerprint density at radius 1 is 1.24 bits per heavy atom. The number of hydrogen-bond acceptors (Lipinski definition) is 2. The Morgan fingerprint density at radius 2 is 1.86 bits per heavy atom. The Balaban J connectivity index is 0.00000161. The van der Waals surface area contributed by atoms with Gasteiger partial charge in [-0.05, 0) is 55.5 Å². The van der Waals surface area contributed by atoms with E-state index in [0.717, 1.165) is 38.4 Å². The largest absolute Gasteiger partial charge is 0.352 e. The summed E-state index contributed by atoms with van der Waals surface area (Å²) in [5.74, 6) is -1.15. The number of carbonyl (C=O) groups excluding carboxylic acids is 1. The smallest absolute Gasteiger partial charge is 0.223 e. The first-order chi connectivity index (χ1) is 9.59. The fourth-order valence-electron chi connectivity index (χ4n) is 3.22. The van der Waals surface area contributed by atoms with Crippen molar-refractivity contribution in [2.24, 2.45) is 11.3 Å². The molecule has 2 fully saturated rings. The Kier molecular flexibility index (Phi) is 4.84. The van der Waals surface area contributed by atoms with Crippen LogP contribution in [0.5, 0.6) is 0 Å². The van der Waals surface area contributed by atoms with Crippen molar-refractivity contribution in [1.29, 1.82) is 0 Å². The fraction of sp³-hybridized carbons (Fsp3) is 0.533. The van der Waals surface area contributed by atoms with Gasteiger partial charge in [0.2, 0.25) is 5.91 Å². The Bertz CT molecular complexity index is 512. The van der Waals surface area contributed by atoms with Crippen molar-refractivity contribution in [3.8, 4) is 0 Å². The predicted molar refractivity (Wildman–Crippen MR) is 78.1 cm³/mol. The average molecular weight is 317 g/mol. The maximum absolute atomic E-state index is 13.0. The molecule has 21 heavy (non-hydrogen) atoms. The van der Waals surface area contributed by atoms with Gasteiger partial charge in [0.25, 0.3) is 0 Å². The van der Waals surface area contributed by atoms with Crippen molar-refractivity contribution in [2.45, 2.75) is 25.8 Å². The number of nitrogens with one attached hydrogen (secondary N) is 2. The van der Waals surface area contributed by atoms with Crippen LogP contribution in [0.2, 0.25) is 0 Å². The number of piperidine rings is 1. The van der Waals surface area contributed by atoms with Gasteiger partial charge in [0.05, 0.1) is 0 Å². The van der Waals surface area contributed by atoms with E-state index < -0.39 is 11.6 Å². The molecule has 116 valence electrons. The van der Waals surface area contributed by atoms with E-state index in [1.54, 1.807) is 0 Å². The van der Waals surface area contributed by atoms with Crippen LogP contribution in [0, 0.1) is 23.0 Å². The summed E-state index contributed by atoms with van der Waals surface area (Å²) in [5.41, 5.74) is 0.638. The number of rotatable bonds is 3. The standard InChI is InChI=1S/C15H18F2N2O.ClH/c16-11-5-10(6-12(17)7-11)9-19-14(20)13-8-15(13)1-3-18-4-2-15;/h5-7,13,18H,1-4,8-9H2,(H,19,20);1H. The summed E-state index contributed by atoms with van der Waals surface area (Å²) in [4.78, 5) is 12.1. The zero-order valence-electron chi connectivity index (χ0n) is 11.6. The summed E-state index contributed by atoms with van der Waals surface area (Å²) in [7, 11) is 0. The summed E-state index contributed by atoms with van der Waals surface area (Å²) < 4.78 is 26.1. The lowest BCUT2D eigenvalue weighted by Crippen LogP contribution is -2.33. The number of carbonyl (C=O) groups is 1. The Hall–Kier alpha value is -1.20. The van der Waals surface area contributed by atoms with Crippen LogP contribution in [0.3, 0.4) is 0 Å². The highest BCUT2D eigenvalue weighted by atomic mass is 35.5.